The molecule has 1 saturated heterocycles. The van der Waals surface area contributed by atoms with Crippen molar-refractivity contribution in [1.82, 2.24) is 0 Å². The number of hydrogen-bond acceptors (Lipinski definition) is 4. The minimum absolute atomic E-state index is 0.0966. The third-order valence-electron chi connectivity index (χ3n) is 1.75. The van der Waals surface area contributed by atoms with Crippen LogP contribution in [0.2, 0.25) is 0 Å². The lowest BCUT2D eigenvalue weighted by Gasteiger charge is -2.33. The minimum Gasteiger partial charge on any atom is -0.388 e. The molecule has 1 heterocycles. The molecule has 4 heteroatoms. The Hall–Kier alpha value is -0.160. The smallest absolute Gasteiger partial charge is 0.110 e. The zero-order valence-corrected chi connectivity index (χ0v) is 5.77. The summed E-state index contributed by atoms with van der Waals surface area (Å²) in [5.41, 5.74) is 0. The normalized spacial score (nSPS) is 49.2. The van der Waals surface area contributed by atoms with Crippen molar-refractivity contribution in [3.63, 3.8) is 0 Å². The Morgan fingerprint density at radius 1 is 1.20 bits per heavy atom. The highest BCUT2D eigenvalue weighted by Crippen LogP contribution is 2.14. The van der Waals surface area contributed by atoms with Gasteiger partial charge in [0.05, 0.1) is 12.7 Å². The van der Waals surface area contributed by atoms with Gasteiger partial charge in [-0.1, -0.05) is 0 Å². The van der Waals surface area contributed by atoms with Gasteiger partial charge >= 0.3 is 0 Å². The number of rotatable bonds is 0. The monoisotopic (exact) mass is 148 g/mol. The fourth-order valence-electron chi connectivity index (χ4n) is 0.953. The van der Waals surface area contributed by atoms with Crippen molar-refractivity contribution in [2.45, 2.75) is 31.3 Å². The standard InChI is InChI=1S/C6H12O4/c1-3-5(8)6(9)4(7)2-10-3/h3-9H,2H2,1H3/t3-,4-,5+,6?/m0/s1. The van der Waals surface area contributed by atoms with Gasteiger partial charge in [-0.2, -0.15) is 0 Å². The molecule has 4 nitrogen and oxygen atoms in total. The third kappa shape index (κ3) is 1.29. The van der Waals surface area contributed by atoms with E-state index in [0.29, 0.717) is 0 Å². The molecule has 0 aliphatic carbocycles. The van der Waals surface area contributed by atoms with Crippen LogP contribution in [0.5, 0.6) is 0 Å². The Labute approximate surface area is 59.1 Å². The number of ether oxygens (including phenoxy) is 1. The van der Waals surface area contributed by atoms with Gasteiger partial charge in [0.25, 0.3) is 0 Å². The van der Waals surface area contributed by atoms with Crippen LogP contribution in [0.4, 0.5) is 0 Å². The predicted molar refractivity (Wildman–Crippen MR) is 33.4 cm³/mol. The number of aliphatic hydroxyl groups excluding tert-OH is 3. The Morgan fingerprint density at radius 2 is 1.80 bits per heavy atom. The molecule has 0 amide bonds. The second kappa shape index (κ2) is 2.84. The summed E-state index contributed by atoms with van der Waals surface area (Å²) < 4.78 is 4.91. The van der Waals surface area contributed by atoms with Gasteiger partial charge in [-0.15, -0.1) is 0 Å². The first-order valence-electron chi connectivity index (χ1n) is 3.28. The van der Waals surface area contributed by atoms with E-state index in [2.05, 4.69) is 0 Å². The van der Waals surface area contributed by atoms with E-state index < -0.39 is 24.4 Å². The van der Waals surface area contributed by atoms with Crippen molar-refractivity contribution in [3.05, 3.63) is 0 Å². The lowest BCUT2D eigenvalue weighted by atomic mass is 10.0. The second-order valence-electron chi connectivity index (χ2n) is 2.59. The van der Waals surface area contributed by atoms with Crippen LogP contribution in [0.1, 0.15) is 6.92 Å². The Balaban J connectivity index is 2.52. The molecule has 0 aromatic heterocycles. The average Bonchev–Trinajstić information content (AvgIpc) is 1.93. The van der Waals surface area contributed by atoms with Crippen LogP contribution in [-0.2, 0) is 4.74 Å². The van der Waals surface area contributed by atoms with Crippen molar-refractivity contribution in [2.24, 2.45) is 0 Å². The van der Waals surface area contributed by atoms with Gasteiger partial charge in [-0.05, 0) is 6.92 Å². The average molecular weight is 148 g/mol. The molecule has 0 saturated carbocycles. The molecule has 1 aliphatic heterocycles. The highest BCUT2D eigenvalue weighted by atomic mass is 16.5. The summed E-state index contributed by atoms with van der Waals surface area (Å²) in [6.45, 7) is 1.75. The maximum absolute atomic E-state index is 9.08. The maximum Gasteiger partial charge on any atom is 0.110 e. The fraction of sp³-hybridized carbons (Fsp3) is 1.00. The van der Waals surface area contributed by atoms with Gasteiger partial charge in [0.2, 0.25) is 0 Å². The molecule has 1 rings (SSSR count). The molecular weight excluding hydrogens is 136 g/mol. The van der Waals surface area contributed by atoms with E-state index >= 15 is 0 Å². The van der Waals surface area contributed by atoms with Crippen molar-refractivity contribution in [3.8, 4) is 0 Å². The predicted octanol–water partition coefficient (Wildman–Crippen LogP) is -1.51. The largest absolute Gasteiger partial charge is 0.388 e. The van der Waals surface area contributed by atoms with Gasteiger partial charge in [0.1, 0.15) is 18.3 Å². The van der Waals surface area contributed by atoms with Gasteiger partial charge in [0, 0.05) is 0 Å². The lowest BCUT2D eigenvalue weighted by molar-refractivity contribution is -0.181. The molecule has 0 aromatic carbocycles. The van der Waals surface area contributed by atoms with E-state index in [1.165, 1.54) is 0 Å². The fourth-order valence-corrected chi connectivity index (χ4v) is 0.953. The summed E-state index contributed by atoms with van der Waals surface area (Å²) in [5.74, 6) is 0. The van der Waals surface area contributed by atoms with E-state index in [1.54, 1.807) is 6.92 Å². The third-order valence-corrected chi connectivity index (χ3v) is 1.75. The zero-order chi connectivity index (χ0) is 7.72. The van der Waals surface area contributed by atoms with Gasteiger partial charge < -0.3 is 20.1 Å². The molecular formula is C6H12O4. The Kier molecular flexibility index (Phi) is 2.25. The van der Waals surface area contributed by atoms with Crippen molar-refractivity contribution < 1.29 is 20.1 Å². The summed E-state index contributed by atoms with van der Waals surface area (Å²) in [7, 11) is 0. The molecule has 60 valence electrons. The summed E-state index contributed by atoms with van der Waals surface area (Å²) in [6.07, 6.45) is -3.38. The quantitative estimate of drug-likeness (QED) is 0.390. The topological polar surface area (TPSA) is 69.9 Å². The molecule has 0 radical (unpaired) electrons. The SMILES string of the molecule is C[C@@H]1OC[C@H](O)C(O)[C@@H]1O. The van der Waals surface area contributed by atoms with Gasteiger partial charge in [-0.3, -0.25) is 0 Å². The lowest BCUT2D eigenvalue weighted by Crippen LogP contribution is -2.51. The highest BCUT2D eigenvalue weighted by molar-refractivity contribution is 4.83. The van der Waals surface area contributed by atoms with Crippen LogP contribution < -0.4 is 0 Å². The molecule has 10 heavy (non-hydrogen) atoms. The number of hydrogen-bond donors (Lipinski definition) is 3. The van der Waals surface area contributed by atoms with E-state index in [1.807, 2.05) is 0 Å². The van der Waals surface area contributed by atoms with Crippen LogP contribution >= 0.6 is 0 Å². The minimum atomic E-state index is -1.07. The van der Waals surface area contributed by atoms with Crippen LogP contribution in [0.3, 0.4) is 0 Å². The van der Waals surface area contributed by atoms with E-state index in [4.69, 9.17) is 20.1 Å². The zero-order valence-electron chi connectivity index (χ0n) is 5.77. The maximum atomic E-state index is 9.08. The Bertz CT molecular complexity index is 102. The van der Waals surface area contributed by atoms with Gasteiger partial charge in [0.15, 0.2) is 0 Å². The van der Waals surface area contributed by atoms with Gasteiger partial charge in [-0.25, -0.2) is 0 Å². The van der Waals surface area contributed by atoms with Crippen LogP contribution in [-0.4, -0.2) is 46.3 Å². The summed E-state index contributed by atoms with van der Waals surface area (Å²) in [4.78, 5) is 0. The van der Waals surface area contributed by atoms with Crippen LogP contribution in [0.25, 0.3) is 0 Å². The first-order chi connectivity index (χ1) is 4.63. The van der Waals surface area contributed by atoms with Crippen molar-refractivity contribution in [1.29, 1.82) is 0 Å². The molecule has 1 unspecified atom stereocenters. The Morgan fingerprint density at radius 3 is 2.30 bits per heavy atom. The molecule has 0 bridgehead atoms. The van der Waals surface area contributed by atoms with E-state index in [-0.39, 0.29) is 6.61 Å². The molecule has 1 aliphatic rings. The van der Waals surface area contributed by atoms with Crippen LogP contribution in [0, 0.1) is 0 Å². The van der Waals surface area contributed by atoms with Crippen molar-refractivity contribution in [2.75, 3.05) is 6.61 Å². The molecule has 3 N–H and O–H groups in total. The molecule has 0 spiro atoms. The highest BCUT2D eigenvalue weighted by Gasteiger charge is 2.34. The van der Waals surface area contributed by atoms with E-state index in [9.17, 15) is 0 Å². The first kappa shape index (κ1) is 7.94. The molecule has 4 atom stereocenters. The molecule has 0 aromatic rings. The number of aliphatic hydroxyl groups is 3. The van der Waals surface area contributed by atoms with Crippen molar-refractivity contribution >= 4 is 0 Å². The second-order valence-corrected chi connectivity index (χ2v) is 2.59. The van der Waals surface area contributed by atoms with Crippen LogP contribution in [0.15, 0.2) is 0 Å². The molecule has 1 fully saturated rings. The first-order valence-corrected chi connectivity index (χ1v) is 3.28. The van der Waals surface area contributed by atoms with E-state index in [0.717, 1.165) is 0 Å². The summed E-state index contributed by atoms with van der Waals surface area (Å²) >= 11 is 0. The summed E-state index contributed by atoms with van der Waals surface area (Å²) in [6, 6.07) is 0. The summed E-state index contributed by atoms with van der Waals surface area (Å²) in [5, 5.41) is 27.0.